The summed E-state index contributed by atoms with van der Waals surface area (Å²) in [5.41, 5.74) is 5.45. The van der Waals surface area contributed by atoms with Crippen molar-refractivity contribution < 1.29 is 19.1 Å². The Morgan fingerprint density at radius 3 is 2.07 bits per heavy atom. The minimum atomic E-state index is -0.432. The molecule has 3 aromatic carbocycles. The van der Waals surface area contributed by atoms with Gasteiger partial charge in [0.05, 0.1) is 11.1 Å². The summed E-state index contributed by atoms with van der Waals surface area (Å²) in [6, 6.07) is 18.6. The number of fused-ring (bicyclic) bond motifs is 1. The predicted octanol–water partition coefficient (Wildman–Crippen LogP) is 9.68. The lowest BCUT2D eigenvalue weighted by molar-refractivity contribution is -0.119. The first-order valence-corrected chi connectivity index (χ1v) is 17.1. The van der Waals surface area contributed by atoms with E-state index < -0.39 is 5.92 Å². The Balaban J connectivity index is 1.48. The van der Waals surface area contributed by atoms with Crippen molar-refractivity contribution in [1.82, 2.24) is 4.90 Å². The lowest BCUT2D eigenvalue weighted by Crippen LogP contribution is -2.44. The fraction of sp³-hybridized carbons (Fsp3) is 0.436. The van der Waals surface area contributed by atoms with E-state index in [-0.39, 0.29) is 22.4 Å². The number of hydrogen-bond acceptors (Lipinski definition) is 5. The predicted molar refractivity (Wildman–Crippen MR) is 183 cm³/mol. The van der Waals surface area contributed by atoms with E-state index in [9.17, 15) is 9.59 Å². The number of nitrogens with zero attached hydrogens (tertiary/aromatic N) is 1. The summed E-state index contributed by atoms with van der Waals surface area (Å²) < 4.78 is 13.4. The minimum Gasteiger partial charge on any atom is -0.490 e. The largest absolute Gasteiger partial charge is 0.490 e. The number of carbonyl (C=O) groups excluding carboxylic acids is 2. The third-order valence-electron chi connectivity index (χ3n) is 9.39. The van der Waals surface area contributed by atoms with Crippen molar-refractivity contribution in [2.45, 2.75) is 86.2 Å². The van der Waals surface area contributed by atoms with Gasteiger partial charge in [0.15, 0.2) is 23.1 Å². The summed E-state index contributed by atoms with van der Waals surface area (Å²) in [5, 5.41) is 2.32. The first-order chi connectivity index (χ1) is 21.4. The van der Waals surface area contributed by atoms with E-state index in [1.807, 2.05) is 31.2 Å². The third-order valence-corrected chi connectivity index (χ3v) is 9.98. The van der Waals surface area contributed by atoms with E-state index >= 15 is 0 Å². The molecule has 236 valence electrons. The number of halogens is 1. The van der Waals surface area contributed by atoms with Crippen LogP contribution in [0.15, 0.2) is 81.6 Å². The molecule has 0 N–H and O–H groups in total. The van der Waals surface area contributed by atoms with E-state index in [4.69, 9.17) is 9.47 Å². The van der Waals surface area contributed by atoms with Crippen LogP contribution in [0.2, 0.25) is 0 Å². The molecule has 0 saturated carbocycles. The molecule has 0 radical (unpaired) electrons. The van der Waals surface area contributed by atoms with E-state index in [1.165, 1.54) is 5.39 Å². The van der Waals surface area contributed by atoms with Gasteiger partial charge in [-0.25, -0.2) is 0 Å². The Bertz CT molecular complexity index is 1690. The molecule has 0 aromatic heterocycles. The average Bonchev–Trinajstić information content (AvgIpc) is 2.96. The maximum absolute atomic E-state index is 14.1. The molecule has 0 bridgehead atoms. The first kappa shape index (κ1) is 31.6. The van der Waals surface area contributed by atoms with Crippen LogP contribution < -0.4 is 9.47 Å². The zero-order valence-electron chi connectivity index (χ0n) is 27.4. The van der Waals surface area contributed by atoms with Crippen LogP contribution in [0.1, 0.15) is 90.7 Å². The second-order valence-electron chi connectivity index (χ2n) is 14.4. The van der Waals surface area contributed by atoms with E-state index in [2.05, 4.69) is 85.8 Å². The van der Waals surface area contributed by atoms with Gasteiger partial charge in [0.2, 0.25) is 0 Å². The number of ether oxygens (including phenoxy) is 2. The summed E-state index contributed by atoms with van der Waals surface area (Å²) in [6.45, 7) is 14.5. The Labute approximate surface area is 275 Å². The smallest absolute Gasteiger partial charge is 0.175 e. The molecular weight excluding hydrogens is 626 g/mol. The Hall–Kier alpha value is -3.38. The van der Waals surface area contributed by atoms with Gasteiger partial charge in [0.1, 0.15) is 6.61 Å². The van der Waals surface area contributed by atoms with E-state index in [0.717, 1.165) is 69.3 Å². The highest BCUT2D eigenvalue weighted by Gasteiger charge is 2.49. The highest BCUT2D eigenvalue weighted by Crippen LogP contribution is 2.55. The van der Waals surface area contributed by atoms with Crippen LogP contribution in [0.3, 0.4) is 0 Å². The summed E-state index contributed by atoms with van der Waals surface area (Å²) in [4.78, 5) is 30.6. The molecule has 6 heteroatoms. The molecule has 0 unspecified atom stereocenters. The summed E-state index contributed by atoms with van der Waals surface area (Å²) in [7, 11) is 0. The zero-order valence-corrected chi connectivity index (χ0v) is 29.0. The standard InChI is InChI=1S/C39H44BrNO4/c1-7-16-41-29-19-38(3,4)21-31(42)35(29)34(36-30(41)20-39(5,6)22-32(36)43)26-17-28(40)37(33(18-26)44-8-2)45-23-25-14-11-13-24-12-9-10-15-27(24)25/h9-15,17-18,34H,7-8,16,19-23H2,1-6H3. The van der Waals surface area contributed by atoms with Gasteiger partial charge in [0, 0.05) is 47.8 Å². The molecule has 0 amide bonds. The summed E-state index contributed by atoms with van der Waals surface area (Å²) in [5.74, 6) is 1.07. The first-order valence-electron chi connectivity index (χ1n) is 16.3. The van der Waals surface area contributed by atoms with Crippen LogP contribution in [-0.2, 0) is 16.2 Å². The fourth-order valence-corrected chi connectivity index (χ4v) is 8.17. The Morgan fingerprint density at radius 2 is 1.44 bits per heavy atom. The van der Waals surface area contributed by atoms with Crippen LogP contribution in [0.25, 0.3) is 10.8 Å². The lowest BCUT2D eigenvalue weighted by atomic mass is 9.63. The molecule has 3 aromatic rings. The molecule has 3 aliphatic rings. The molecular formula is C39H44BrNO4. The van der Waals surface area contributed by atoms with Crippen molar-refractivity contribution in [3.63, 3.8) is 0 Å². The number of hydrogen-bond donors (Lipinski definition) is 0. The summed E-state index contributed by atoms with van der Waals surface area (Å²) >= 11 is 3.82. The van der Waals surface area contributed by atoms with Crippen LogP contribution in [0, 0.1) is 10.8 Å². The monoisotopic (exact) mass is 669 g/mol. The van der Waals surface area contributed by atoms with Crippen LogP contribution in [0.5, 0.6) is 11.5 Å². The molecule has 1 heterocycles. The summed E-state index contributed by atoms with van der Waals surface area (Å²) in [6.07, 6.45) is 3.49. The molecule has 0 spiro atoms. The highest BCUT2D eigenvalue weighted by molar-refractivity contribution is 9.10. The third kappa shape index (κ3) is 5.98. The maximum atomic E-state index is 14.1. The van der Waals surface area contributed by atoms with Crippen LogP contribution in [-0.4, -0.2) is 29.6 Å². The Kier molecular flexibility index (Phi) is 8.49. The van der Waals surface area contributed by atoms with Gasteiger partial charge in [-0.05, 0) is 87.0 Å². The number of benzene rings is 3. The molecule has 45 heavy (non-hydrogen) atoms. The fourth-order valence-electron chi connectivity index (χ4n) is 7.60. The maximum Gasteiger partial charge on any atom is 0.175 e. The van der Waals surface area contributed by atoms with Crippen molar-refractivity contribution >= 4 is 38.3 Å². The molecule has 0 saturated heterocycles. The topological polar surface area (TPSA) is 55.8 Å². The van der Waals surface area contributed by atoms with Crippen molar-refractivity contribution in [2.24, 2.45) is 10.8 Å². The molecule has 6 rings (SSSR count). The minimum absolute atomic E-state index is 0.141. The number of carbonyl (C=O) groups is 2. The van der Waals surface area contributed by atoms with E-state index in [1.54, 1.807) is 0 Å². The number of Topliss-reactive ketones (excluding diaryl/α,β-unsaturated/α-hetero) is 2. The Morgan fingerprint density at radius 1 is 0.822 bits per heavy atom. The normalized spacial score (nSPS) is 19.6. The second-order valence-corrected chi connectivity index (χ2v) is 15.2. The lowest BCUT2D eigenvalue weighted by Gasteiger charge is -2.49. The molecule has 2 aliphatic carbocycles. The number of ketones is 2. The molecule has 1 aliphatic heterocycles. The van der Waals surface area contributed by atoms with Crippen molar-refractivity contribution in [2.75, 3.05) is 13.2 Å². The molecule has 5 nitrogen and oxygen atoms in total. The number of allylic oxidation sites excluding steroid dienone is 4. The second kappa shape index (κ2) is 12.1. The van der Waals surface area contributed by atoms with Gasteiger partial charge in [-0.2, -0.15) is 0 Å². The van der Waals surface area contributed by atoms with E-state index in [0.29, 0.717) is 37.6 Å². The number of rotatable bonds is 8. The van der Waals surface area contributed by atoms with Crippen molar-refractivity contribution in [1.29, 1.82) is 0 Å². The quantitative estimate of drug-likeness (QED) is 0.239. The van der Waals surface area contributed by atoms with Crippen LogP contribution >= 0.6 is 15.9 Å². The average molecular weight is 671 g/mol. The molecule has 0 atom stereocenters. The molecule has 0 fully saturated rings. The van der Waals surface area contributed by atoms with Crippen molar-refractivity contribution in [3.05, 3.63) is 92.7 Å². The van der Waals surface area contributed by atoms with Gasteiger partial charge in [-0.1, -0.05) is 77.1 Å². The van der Waals surface area contributed by atoms with Crippen molar-refractivity contribution in [3.8, 4) is 11.5 Å². The van der Waals surface area contributed by atoms with Gasteiger partial charge in [0.25, 0.3) is 0 Å². The SMILES string of the molecule is CCCN1C2=C(C(=O)CC(C)(C)C2)C(c2cc(Br)c(OCc3cccc4ccccc34)c(OCC)c2)C2=C1CC(C)(C)CC2=O. The highest BCUT2D eigenvalue weighted by atomic mass is 79.9. The van der Waals surface area contributed by atoms with Gasteiger partial charge in [-0.15, -0.1) is 0 Å². The van der Waals surface area contributed by atoms with Gasteiger partial charge in [-0.3, -0.25) is 9.59 Å². The van der Waals surface area contributed by atoms with Gasteiger partial charge >= 0.3 is 0 Å². The zero-order chi connectivity index (χ0) is 32.1. The van der Waals surface area contributed by atoms with Crippen LogP contribution in [0.4, 0.5) is 0 Å². The van der Waals surface area contributed by atoms with Gasteiger partial charge < -0.3 is 14.4 Å².